The van der Waals surface area contributed by atoms with Gasteiger partial charge in [-0.1, -0.05) is 156 Å². The maximum atomic E-state index is 13.1. The largest absolute Gasteiger partial charge is 0.465 e. The molecule has 0 aliphatic carbocycles. The van der Waals surface area contributed by atoms with E-state index in [0.29, 0.717) is 45.0 Å². The third-order valence-corrected chi connectivity index (χ3v) is 10.3. The predicted octanol–water partition coefficient (Wildman–Crippen LogP) is 13.1. The van der Waals surface area contributed by atoms with Crippen LogP contribution in [-0.4, -0.2) is 63.3 Å². The number of ether oxygens (including phenoxy) is 3. The lowest BCUT2D eigenvalue weighted by Crippen LogP contribution is -2.34. The molecule has 0 amide bonds. The summed E-state index contributed by atoms with van der Waals surface area (Å²) in [6, 6.07) is 0. The number of nitrogens with zero attached hydrogens (tertiary/aromatic N) is 1. The topological polar surface area (TPSA) is 82.1 Å². The van der Waals surface area contributed by atoms with Gasteiger partial charge in [-0.05, 0) is 88.6 Å². The van der Waals surface area contributed by atoms with Crippen molar-refractivity contribution in [2.75, 3.05) is 40.5 Å². The molecule has 0 aliphatic heterocycles. The molecule has 0 aromatic rings. The van der Waals surface area contributed by atoms with Gasteiger partial charge in [0.25, 0.3) is 0 Å². The first kappa shape index (κ1) is 52.9. The molecule has 7 nitrogen and oxygen atoms in total. The Morgan fingerprint density at radius 2 is 0.964 bits per heavy atom. The van der Waals surface area contributed by atoms with E-state index < -0.39 is 0 Å². The van der Waals surface area contributed by atoms with Crippen LogP contribution >= 0.6 is 0 Å². The van der Waals surface area contributed by atoms with Crippen LogP contribution in [0.2, 0.25) is 0 Å². The molecule has 0 spiro atoms. The van der Waals surface area contributed by atoms with Crippen molar-refractivity contribution in [2.45, 2.75) is 208 Å². The molecule has 0 rings (SSSR count). The summed E-state index contributed by atoms with van der Waals surface area (Å²) in [5.41, 5.74) is -0.00822. The van der Waals surface area contributed by atoms with Crippen molar-refractivity contribution in [3.05, 3.63) is 24.3 Å². The zero-order chi connectivity index (χ0) is 41.0. The molecule has 0 unspecified atom stereocenters. The highest BCUT2D eigenvalue weighted by molar-refractivity contribution is 5.70. The van der Waals surface area contributed by atoms with Gasteiger partial charge in [0.1, 0.15) is 13.2 Å². The molecule has 0 radical (unpaired) electrons. The average Bonchev–Trinajstić information content (AvgIpc) is 3.10. The van der Waals surface area contributed by atoms with Crippen LogP contribution in [-0.2, 0) is 28.6 Å². The Morgan fingerprint density at radius 3 is 1.42 bits per heavy atom. The average molecular weight is 776 g/mol. The molecule has 0 saturated carbocycles. The van der Waals surface area contributed by atoms with Gasteiger partial charge in [0.15, 0.2) is 0 Å². The zero-order valence-electron chi connectivity index (χ0n) is 37.5. The maximum Gasteiger partial charge on any atom is 0.306 e. The first-order valence-corrected chi connectivity index (χ1v) is 22.7. The lowest BCUT2D eigenvalue weighted by molar-refractivity contribution is -0.148. The van der Waals surface area contributed by atoms with Crippen LogP contribution < -0.4 is 0 Å². The van der Waals surface area contributed by atoms with Crippen LogP contribution in [0.15, 0.2) is 24.3 Å². The molecular weight excluding hydrogens is 687 g/mol. The van der Waals surface area contributed by atoms with E-state index in [1.807, 2.05) is 12.2 Å². The minimum atomic E-state index is -0.125. The molecule has 7 heteroatoms. The fourth-order valence-corrected chi connectivity index (χ4v) is 7.88. The lowest BCUT2D eigenvalue weighted by Gasteiger charge is -2.36. The predicted molar refractivity (Wildman–Crippen MR) is 232 cm³/mol. The third kappa shape index (κ3) is 37.2. The van der Waals surface area contributed by atoms with E-state index in [9.17, 15) is 14.4 Å². The summed E-state index contributed by atoms with van der Waals surface area (Å²) in [6.45, 7) is 15.6. The second kappa shape index (κ2) is 35.0. The van der Waals surface area contributed by atoms with Crippen LogP contribution in [0, 0.1) is 16.7 Å². The van der Waals surface area contributed by atoms with Crippen molar-refractivity contribution in [1.82, 2.24) is 4.90 Å². The summed E-state index contributed by atoms with van der Waals surface area (Å²) < 4.78 is 16.7. The number of esters is 3. The Balaban J connectivity index is 4.55. The van der Waals surface area contributed by atoms with E-state index in [4.69, 9.17) is 14.2 Å². The summed E-state index contributed by atoms with van der Waals surface area (Å²) in [4.78, 5) is 39.5. The molecule has 0 aromatic carbocycles. The van der Waals surface area contributed by atoms with Crippen LogP contribution in [0.5, 0.6) is 0 Å². The summed E-state index contributed by atoms with van der Waals surface area (Å²) in [5, 5.41) is 0. The molecule has 55 heavy (non-hydrogen) atoms. The van der Waals surface area contributed by atoms with E-state index in [1.165, 1.54) is 51.4 Å². The van der Waals surface area contributed by atoms with Gasteiger partial charge in [0.05, 0.1) is 13.0 Å². The van der Waals surface area contributed by atoms with Crippen molar-refractivity contribution in [2.24, 2.45) is 16.7 Å². The van der Waals surface area contributed by atoms with Crippen LogP contribution in [0.3, 0.4) is 0 Å². The minimum Gasteiger partial charge on any atom is -0.465 e. The van der Waals surface area contributed by atoms with Gasteiger partial charge < -0.3 is 19.1 Å². The summed E-state index contributed by atoms with van der Waals surface area (Å²) in [7, 11) is 4.20. The van der Waals surface area contributed by atoms with Gasteiger partial charge in [0.2, 0.25) is 0 Å². The highest BCUT2D eigenvalue weighted by atomic mass is 16.5. The van der Waals surface area contributed by atoms with E-state index in [2.05, 4.69) is 72.7 Å². The molecule has 0 aromatic heterocycles. The Kier molecular flexibility index (Phi) is 33.7. The number of unbranched alkanes of at least 4 members (excludes halogenated alkanes) is 16. The van der Waals surface area contributed by atoms with Crippen LogP contribution in [0.1, 0.15) is 208 Å². The number of allylic oxidation sites excluding steroid dienone is 2. The molecule has 0 heterocycles. The van der Waals surface area contributed by atoms with Crippen molar-refractivity contribution < 1.29 is 28.6 Å². The van der Waals surface area contributed by atoms with Gasteiger partial charge in [0, 0.05) is 19.4 Å². The maximum absolute atomic E-state index is 13.1. The standard InChI is InChI=1S/C48H89NO6/c1-9-11-13-15-17-25-31-37-53-44(50)35-29-23-19-21-27-33-43(40-55-46(52)39-47(3,4)41-48(5,6)42-49(7)8)34-28-22-20-24-30-36-45(51)54-38-32-26-18-16-14-12-10-2/h25-26,31-32,43H,9-24,27-30,33-42H2,1-8H3/b31-25-,32-26-. The molecule has 0 fully saturated rings. The minimum absolute atomic E-state index is 0.0839. The quantitative estimate of drug-likeness (QED) is 0.0267. The Labute approximate surface area is 340 Å². The summed E-state index contributed by atoms with van der Waals surface area (Å²) in [5.74, 6) is 0.0807. The van der Waals surface area contributed by atoms with Crippen molar-refractivity contribution in [1.29, 1.82) is 0 Å². The van der Waals surface area contributed by atoms with Gasteiger partial charge in [-0.3, -0.25) is 14.4 Å². The fourth-order valence-electron chi connectivity index (χ4n) is 7.88. The monoisotopic (exact) mass is 776 g/mol. The van der Waals surface area contributed by atoms with Crippen LogP contribution in [0.25, 0.3) is 0 Å². The Morgan fingerprint density at radius 1 is 0.527 bits per heavy atom. The lowest BCUT2D eigenvalue weighted by atomic mass is 9.73. The van der Waals surface area contributed by atoms with E-state index >= 15 is 0 Å². The molecule has 0 atom stereocenters. The molecule has 0 bridgehead atoms. The van der Waals surface area contributed by atoms with Crippen molar-refractivity contribution in [3.63, 3.8) is 0 Å². The second-order valence-electron chi connectivity index (χ2n) is 18.1. The van der Waals surface area contributed by atoms with Gasteiger partial charge >= 0.3 is 17.9 Å². The first-order valence-electron chi connectivity index (χ1n) is 22.7. The number of hydrogen-bond acceptors (Lipinski definition) is 7. The van der Waals surface area contributed by atoms with Crippen molar-refractivity contribution >= 4 is 17.9 Å². The fraction of sp³-hybridized carbons (Fsp3) is 0.854. The molecule has 0 saturated heterocycles. The first-order chi connectivity index (χ1) is 26.3. The highest BCUT2D eigenvalue weighted by Gasteiger charge is 2.32. The third-order valence-electron chi connectivity index (χ3n) is 10.3. The molecule has 322 valence electrons. The molecular formula is C48H89NO6. The number of rotatable bonds is 38. The van der Waals surface area contributed by atoms with E-state index in [1.54, 1.807) is 0 Å². The normalized spacial score (nSPS) is 12.4. The Bertz CT molecular complexity index is 948. The van der Waals surface area contributed by atoms with E-state index in [-0.39, 0.29) is 28.7 Å². The number of hydrogen-bond donors (Lipinski definition) is 0. The van der Waals surface area contributed by atoms with Crippen LogP contribution in [0.4, 0.5) is 0 Å². The smallest absolute Gasteiger partial charge is 0.306 e. The van der Waals surface area contributed by atoms with Gasteiger partial charge in [-0.2, -0.15) is 0 Å². The molecule has 0 aliphatic rings. The molecule has 0 N–H and O–H groups in total. The summed E-state index contributed by atoms with van der Waals surface area (Å²) >= 11 is 0. The zero-order valence-corrected chi connectivity index (χ0v) is 37.5. The number of carbonyl (C=O) groups is 3. The van der Waals surface area contributed by atoms with Crippen molar-refractivity contribution in [3.8, 4) is 0 Å². The number of carbonyl (C=O) groups excluding carboxylic acids is 3. The van der Waals surface area contributed by atoms with Gasteiger partial charge in [-0.15, -0.1) is 0 Å². The SMILES string of the molecule is CCCCCC/C=C\COC(=O)CCCCCCCC(CCCCCCCC(=O)OC/C=C\CCCCCC)COC(=O)CC(C)(C)CC(C)(C)CN(C)C. The Hall–Kier alpha value is -2.15. The van der Waals surface area contributed by atoms with E-state index in [0.717, 1.165) is 103 Å². The van der Waals surface area contributed by atoms with Gasteiger partial charge in [-0.25, -0.2) is 0 Å². The second-order valence-corrected chi connectivity index (χ2v) is 18.1. The summed E-state index contributed by atoms with van der Waals surface area (Å²) in [6.07, 6.45) is 35.3. The highest BCUT2D eigenvalue weighted by Crippen LogP contribution is 2.37.